The molecule has 0 saturated carbocycles. The van der Waals surface area contributed by atoms with E-state index in [0.29, 0.717) is 18.7 Å². The second kappa shape index (κ2) is 9.01. The molecule has 6 heteroatoms. The highest BCUT2D eigenvalue weighted by atomic mass is 16.5. The Kier molecular flexibility index (Phi) is 6.46. The Labute approximate surface area is 143 Å². The monoisotopic (exact) mass is 333 g/mol. The van der Waals surface area contributed by atoms with Gasteiger partial charge in [0.05, 0.1) is 6.10 Å². The van der Waals surface area contributed by atoms with Crippen LogP contribution in [-0.4, -0.2) is 69.4 Å². The summed E-state index contributed by atoms with van der Waals surface area (Å²) in [6.45, 7) is 7.07. The van der Waals surface area contributed by atoms with Gasteiger partial charge in [0.25, 0.3) is 5.91 Å². The third kappa shape index (κ3) is 5.19. The molecule has 2 fully saturated rings. The van der Waals surface area contributed by atoms with Gasteiger partial charge in [0.15, 0.2) is 0 Å². The number of benzene rings is 1. The molecule has 0 bridgehead atoms. The van der Waals surface area contributed by atoms with Crippen molar-refractivity contribution in [3.63, 3.8) is 0 Å². The van der Waals surface area contributed by atoms with Crippen LogP contribution >= 0.6 is 0 Å². The molecule has 2 aliphatic rings. The number of carbonyl (C=O) groups is 1. The number of ether oxygens (including phenoxy) is 2. The molecule has 2 aliphatic heterocycles. The minimum atomic E-state index is -0.0484. The molecule has 1 atom stereocenters. The van der Waals surface area contributed by atoms with E-state index >= 15 is 0 Å². The fraction of sp³-hybridized carbons (Fsp3) is 0.611. The van der Waals surface area contributed by atoms with Crippen LogP contribution in [0.15, 0.2) is 24.3 Å². The molecule has 1 aromatic rings. The lowest BCUT2D eigenvalue weighted by atomic mass is 10.2. The molecule has 2 saturated heterocycles. The number of nitrogens with zero attached hydrogens (tertiary/aromatic N) is 1. The Morgan fingerprint density at radius 1 is 1.38 bits per heavy atom. The van der Waals surface area contributed by atoms with E-state index in [1.807, 2.05) is 18.2 Å². The molecule has 0 aromatic heterocycles. The average molecular weight is 333 g/mol. The van der Waals surface area contributed by atoms with Crippen LogP contribution in [0, 0.1) is 0 Å². The second-order valence-electron chi connectivity index (χ2n) is 6.32. The van der Waals surface area contributed by atoms with Crippen molar-refractivity contribution in [3.05, 3.63) is 29.8 Å². The Hall–Kier alpha value is -1.63. The molecule has 2 N–H and O–H groups in total. The normalized spacial score (nSPS) is 21.6. The third-order valence-electron chi connectivity index (χ3n) is 4.48. The molecule has 6 nitrogen and oxygen atoms in total. The van der Waals surface area contributed by atoms with Crippen LogP contribution in [0.5, 0.6) is 5.75 Å². The Bertz CT molecular complexity index is 526. The van der Waals surface area contributed by atoms with Crippen molar-refractivity contribution in [2.24, 2.45) is 0 Å². The maximum absolute atomic E-state index is 12.3. The summed E-state index contributed by atoms with van der Waals surface area (Å²) >= 11 is 0. The van der Waals surface area contributed by atoms with Gasteiger partial charge in [-0.2, -0.15) is 0 Å². The average Bonchev–Trinajstić information content (AvgIpc) is 3.15. The van der Waals surface area contributed by atoms with E-state index in [1.54, 1.807) is 6.07 Å². The lowest BCUT2D eigenvalue weighted by molar-refractivity contribution is 0.0679. The molecule has 0 spiro atoms. The number of hydrogen-bond acceptors (Lipinski definition) is 5. The van der Waals surface area contributed by atoms with E-state index in [0.717, 1.165) is 57.9 Å². The van der Waals surface area contributed by atoms with Gasteiger partial charge in [-0.1, -0.05) is 6.07 Å². The van der Waals surface area contributed by atoms with Crippen molar-refractivity contribution in [3.8, 4) is 5.75 Å². The van der Waals surface area contributed by atoms with Crippen LogP contribution in [0.4, 0.5) is 0 Å². The second-order valence-corrected chi connectivity index (χ2v) is 6.32. The van der Waals surface area contributed by atoms with E-state index in [9.17, 15) is 4.79 Å². The number of nitrogens with one attached hydrogen (secondary N) is 2. The number of amides is 1. The van der Waals surface area contributed by atoms with E-state index in [4.69, 9.17) is 9.47 Å². The van der Waals surface area contributed by atoms with Crippen molar-refractivity contribution in [2.45, 2.75) is 18.9 Å². The minimum absolute atomic E-state index is 0.0484. The molecular weight excluding hydrogens is 306 g/mol. The summed E-state index contributed by atoms with van der Waals surface area (Å²) in [5, 5.41) is 6.32. The lowest BCUT2D eigenvalue weighted by Crippen LogP contribution is -2.46. The molecule has 0 aliphatic carbocycles. The Morgan fingerprint density at radius 2 is 2.25 bits per heavy atom. The maximum atomic E-state index is 12.3. The van der Waals surface area contributed by atoms with Crippen molar-refractivity contribution >= 4 is 5.91 Å². The lowest BCUT2D eigenvalue weighted by Gasteiger charge is -2.27. The first-order valence-electron chi connectivity index (χ1n) is 8.87. The summed E-state index contributed by atoms with van der Waals surface area (Å²) in [7, 11) is 0. The number of piperazine rings is 1. The van der Waals surface area contributed by atoms with Gasteiger partial charge < -0.3 is 20.1 Å². The molecule has 24 heavy (non-hydrogen) atoms. The third-order valence-corrected chi connectivity index (χ3v) is 4.48. The van der Waals surface area contributed by atoms with Gasteiger partial charge in [0.1, 0.15) is 12.4 Å². The van der Waals surface area contributed by atoms with Crippen LogP contribution in [-0.2, 0) is 4.74 Å². The molecule has 2 heterocycles. The first-order chi connectivity index (χ1) is 11.8. The summed E-state index contributed by atoms with van der Waals surface area (Å²) in [6, 6.07) is 7.36. The van der Waals surface area contributed by atoms with Crippen LogP contribution in [0.1, 0.15) is 23.2 Å². The van der Waals surface area contributed by atoms with Crippen molar-refractivity contribution in [1.82, 2.24) is 15.5 Å². The Balaban J connectivity index is 1.42. The van der Waals surface area contributed by atoms with E-state index < -0.39 is 0 Å². The topological polar surface area (TPSA) is 62.8 Å². The highest BCUT2D eigenvalue weighted by Gasteiger charge is 2.16. The van der Waals surface area contributed by atoms with Crippen LogP contribution in [0.25, 0.3) is 0 Å². The maximum Gasteiger partial charge on any atom is 0.251 e. The largest absolute Gasteiger partial charge is 0.491 e. The molecule has 0 radical (unpaired) electrons. The van der Waals surface area contributed by atoms with Gasteiger partial charge in [-0.3, -0.25) is 9.69 Å². The number of rotatable bonds is 7. The molecule has 1 aromatic carbocycles. The van der Waals surface area contributed by atoms with Gasteiger partial charge in [-0.25, -0.2) is 0 Å². The zero-order valence-corrected chi connectivity index (χ0v) is 14.1. The van der Waals surface area contributed by atoms with Crippen molar-refractivity contribution < 1.29 is 14.3 Å². The molecule has 3 rings (SSSR count). The summed E-state index contributed by atoms with van der Waals surface area (Å²) in [4.78, 5) is 14.6. The zero-order chi connectivity index (χ0) is 16.6. The van der Waals surface area contributed by atoms with E-state index in [1.165, 1.54) is 0 Å². The number of hydrogen-bond donors (Lipinski definition) is 2. The van der Waals surface area contributed by atoms with Crippen LogP contribution in [0.2, 0.25) is 0 Å². The summed E-state index contributed by atoms with van der Waals surface area (Å²) in [6.07, 6.45) is 2.33. The highest BCUT2D eigenvalue weighted by Crippen LogP contribution is 2.17. The molecule has 1 amide bonds. The van der Waals surface area contributed by atoms with E-state index in [-0.39, 0.29) is 12.0 Å². The fourth-order valence-corrected chi connectivity index (χ4v) is 3.06. The van der Waals surface area contributed by atoms with Crippen LogP contribution < -0.4 is 15.4 Å². The number of carbonyl (C=O) groups excluding carboxylic acids is 1. The minimum Gasteiger partial charge on any atom is -0.491 e. The van der Waals surface area contributed by atoms with Gasteiger partial charge >= 0.3 is 0 Å². The van der Waals surface area contributed by atoms with Crippen molar-refractivity contribution in [2.75, 3.05) is 52.5 Å². The summed E-state index contributed by atoms with van der Waals surface area (Å²) < 4.78 is 11.3. The van der Waals surface area contributed by atoms with Gasteiger partial charge in [-0.15, -0.1) is 0 Å². The van der Waals surface area contributed by atoms with Crippen LogP contribution in [0.3, 0.4) is 0 Å². The fourth-order valence-electron chi connectivity index (χ4n) is 3.06. The standard InChI is InChI=1S/C18H27N3O3/c22-18(20-8-11-21-9-6-19-7-10-21)15-3-1-4-16(13-15)24-14-17-5-2-12-23-17/h1,3-4,13,17,19H,2,5-12,14H2,(H,20,22). The first kappa shape index (κ1) is 17.2. The predicted molar refractivity (Wildman–Crippen MR) is 92.6 cm³/mol. The predicted octanol–water partition coefficient (Wildman–Crippen LogP) is 0.879. The van der Waals surface area contributed by atoms with Gasteiger partial charge in [0, 0.05) is 51.4 Å². The van der Waals surface area contributed by atoms with Gasteiger partial charge in [-0.05, 0) is 31.0 Å². The molecule has 1 unspecified atom stereocenters. The highest BCUT2D eigenvalue weighted by molar-refractivity contribution is 5.94. The van der Waals surface area contributed by atoms with E-state index in [2.05, 4.69) is 15.5 Å². The SMILES string of the molecule is O=C(NCCN1CCNCC1)c1cccc(OCC2CCCO2)c1. The quantitative estimate of drug-likeness (QED) is 0.776. The summed E-state index contributed by atoms with van der Waals surface area (Å²) in [5.41, 5.74) is 0.639. The summed E-state index contributed by atoms with van der Waals surface area (Å²) in [5.74, 6) is 0.674. The zero-order valence-electron chi connectivity index (χ0n) is 14.1. The molecular formula is C18H27N3O3. The Morgan fingerprint density at radius 3 is 3.04 bits per heavy atom. The molecule has 132 valence electrons. The van der Waals surface area contributed by atoms with Gasteiger partial charge in [0.2, 0.25) is 0 Å². The van der Waals surface area contributed by atoms with Crippen molar-refractivity contribution in [1.29, 1.82) is 0 Å². The smallest absolute Gasteiger partial charge is 0.251 e. The first-order valence-corrected chi connectivity index (χ1v) is 8.87.